The molecule has 0 saturated heterocycles. The fourth-order valence-electron chi connectivity index (χ4n) is 2.69. The molecule has 0 unspecified atom stereocenters. The molecule has 0 aliphatic rings. The maximum Gasteiger partial charge on any atom is 0.258 e. The van der Waals surface area contributed by atoms with Gasteiger partial charge in [-0.1, -0.05) is 29.4 Å². The second kappa shape index (κ2) is 6.80. The Labute approximate surface area is 139 Å². The van der Waals surface area contributed by atoms with Crippen molar-refractivity contribution in [2.24, 2.45) is 0 Å². The summed E-state index contributed by atoms with van der Waals surface area (Å²) in [5.41, 5.74) is 4.36. The lowest BCUT2D eigenvalue weighted by Gasteiger charge is -2.11. The number of ether oxygens (including phenoxy) is 1. The summed E-state index contributed by atoms with van der Waals surface area (Å²) in [5, 5.41) is 7.52. The first kappa shape index (κ1) is 16.1. The van der Waals surface area contributed by atoms with E-state index in [-0.39, 0.29) is 5.91 Å². The number of rotatable bonds is 5. The molecule has 124 valence electrons. The van der Waals surface area contributed by atoms with E-state index in [9.17, 15) is 4.79 Å². The molecule has 0 atom stereocenters. The number of hydrogen-bond acceptors (Lipinski definition) is 5. The number of fused-ring (bicyclic) bond motifs is 1. The third-order valence-corrected chi connectivity index (χ3v) is 3.85. The SMILES string of the molecule is COCc1ccccc1CNC(=O)c1cc(C)nc2onc(C)c12. The Morgan fingerprint density at radius 1 is 1.25 bits per heavy atom. The van der Waals surface area contributed by atoms with Crippen LogP contribution in [0.5, 0.6) is 0 Å². The molecule has 0 bridgehead atoms. The molecule has 1 amide bonds. The Bertz CT molecular complexity index is 886. The Balaban J connectivity index is 1.85. The largest absolute Gasteiger partial charge is 0.380 e. The lowest BCUT2D eigenvalue weighted by molar-refractivity contribution is 0.0952. The summed E-state index contributed by atoms with van der Waals surface area (Å²) in [5.74, 6) is -0.177. The van der Waals surface area contributed by atoms with Gasteiger partial charge in [-0.3, -0.25) is 4.79 Å². The van der Waals surface area contributed by atoms with Crippen LogP contribution in [0.2, 0.25) is 0 Å². The van der Waals surface area contributed by atoms with Crippen molar-refractivity contribution in [2.45, 2.75) is 27.0 Å². The first-order valence-electron chi connectivity index (χ1n) is 7.67. The molecule has 0 radical (unpaired) electrons. The van der Waals surface area contributed by atoms with Gasteiger partial charge < -0.3 is 14.6 Å². The predicted molar refractivity (Wildman–Crippen MR) is 89.6 cm³/mol. The summed E-state index contributed by atoms with van der Waals surface area (Å²) in [6, 6.07) is 9.62. The quantitative estimate of drug-likeness (QED) is 0.780. The lowest BCUT2D eigenvalue weighted by atomic mass is 10.1. The van der Waals surface area contributed by atoms with Crippen LogP contribution in [0.3, 0.4) is 0 Å². The van der Waals surface area contributed by atoms with Gasteiger partial charge in [-0.05, 0) is 31.0 Å². The van der Waals surface area contributed by atoms with Crippen LogP contribution in [-0.2, 0) is 17.9 Å². The number of benzene rings is 1. The van der Waals surface area contributed by atoms with E-state index in [1.54, 1.807) is 20.1 Å². The van der Waals surface area contributed by atoms with E-state index >= 15 is 0 Å². The van der Waals surface area contributed by atoms with Gasteiger partial charge in [0.2, 0.25) is 0 Å². The molecular formula is C18H19N3O3. The average molecular weight is 325 g/mol. The standard InChI is InChI=1S/C18H19N3O3/c1-11-8-15(16-12(2)21-24-18(16)20-11)17(22)19-9-13-6-4-5-7-14(13)10-23-3/h4-8H,9-10H2,1-3H3,(H,19,22). The maximum absolute atomic E-state index is 12.7. The molecule has 0 aliphatic heterocycles. The number of aromatic nitrogens is 2. The van der Waals surface area contributed by atoms with E-state index in [4.69, 9.17) is 9.26 Å². The van der Waals surface area contributed by atoms with Crippen molar-refractivity contribution in [1.82, 2.24) is 15.5 Å². The molecule has 24 heavy (non-hydrogen) atoms. The summed E-state index contributed by atoms with van der Waals surface area (Å²) in [6.07, 6.45) is 0. The van der Waals surface area contributed by atoms with Crippen LogP contribution in [0.1, 0.15) is 32.9 Å². The smallest absolute Gasteiger partial charge is 0.258 e. The summed E-state index contributed by atoms with van der Waals surface area (Å²) in [6.45, 7) is 4.55. The Morgan fingerprint density at radius 2 is 2.00 bits per heavy atom. The highest BCUT2D eigenvalue weighted by molar-refractivity contribution is 6.06. The second-order valence-electron chi connectivity index (χ2n) is 5.64. The summed E-state index contributed by atoms with van der Waals surface area (Å²) in [4.78, 5) is 16.9. The minimum absolute atomic E-state index is 0.177. The van der Waals surface area contributed by atoms with Gasteiger partial charge in [0.25, 0.3) is 11.6 Å². The highest BCUT2D eigenvalue weighted by atomic mass is 16.5. The molecule has 6 nitrogen and oxygen atoms in total. The molecule has 3 aromatic rings. The van der Waals surface area contributed by atoms with Gasteiger partial charge in [-0.15, -0.1) is 0 Å². The van der Waals surface area contributed by atoms with Crippen molar-refractivity contribution in [2.75, 3.05) is 7.11 Å². The fraction of sp³-hybridized carbons (Fsp3) is 0.278. The number of nitrogens with zero attached hydrogens (tertiary/aromatic N) is 2. The predicted octanol–water partition coefficient (Wildman–Crippen LogP) is 2.92. The highest BCUT2D eigenvalue weighted by Crippen LogP contribution is 2.22. The van der Waals surface area contributed by atoms with Gasteiger partial charge >= 0.3 is 0 Å². The number of amides is 1. The molecule has 0 saturated carbocycles. The molecular weight excluding hydrogens is 306 g/mol. The summed E-state index contributed by atoms with van der Waals surface area (Å²) in [7, 11) is 1.65. The fourth-order valence-corrected chi connectivity index (χ4v) is 2.69. The normalized spacial score (nSPS) is 11.0. The minimum atomic E-state index is -0.177. The molecule has 2 heterocycles. The Hall–Kier alpha value is -2.73. The highest BCUT2D eigenvalue weighted by Gasteiger charge is 2.17. The molecule has 1 N–H and O–H groups in total. The van der Waals surface area contributed by atoms with E-state index in [0.29, 0.717) is 41.2 Å². The average Bonchev–Trinajstić information content (AvgIpc) is 2.94. The van der Waals surface area contributed by atoms with Gasteiger partial charge in [0.05, 0.1) is 23.3 Å². The zero-order chi connectivity index (χ0) is 17.1. The van der Waals surface area contributed by atoms with Crippen molar-refractivity contribution in [3.8, 4) is 0 Å². The Morgan fingerprint density at radius 3 is 2.75 bits per heavy atom. The zero-order valence-electron chi connectivity index (χ0n) is 13.9. The van der Waals surface area contributed by atoms with Crippen LogP contribution in [0.15, 0.2) is 34.9 Å². The van der Waals surface area contributed by atoms with E-state index in [0.717, 1.165) is 11.1 Å². The number of methoxy groups -OCH3 is 1. The van der Waals surface area contributed by atoms with Crippen LogP contribution >= 0.6 is 0 Å². The van der Waals surface area contributed by atoms with Gasteiger partial charge in [0.15, 0.2) is 0 Å². The van der Waals surface area contributed by atoms with E-state index < -0.39 is 0 Å². The van der Waals surface area contributed by atoms with Crippen LogP contribution in [0.25, 0.3) is 11.1 Å². The second-order valence-corrected chi connectivity index (χ2v) is 5.64. The van der Waals surface area contributed by atoms with Gasteiger partial charge in [-0.25, -0.2) is 4.98 Å². The van der Waals surface area contributed by atoms with E-state index in [2.05, 4.69) is 15.5 Å². The molecule has 0 fully saturated rings. The third kappa shape index (κ3) is 3.14. The van der Waals surface area contributed by atoms with Crippen molar-refractivity contribution in [3.05, 3.63) is 58.4 Å². The van der Waals surface area contributed by atoms with Crippen molar-refractivity contribution < 1.29 is 14.1 Å². The number of pyridine rings is 1. The summed E-state index contributed by atoms with van der Waals surface area (Å²) < 4.78 is 10.4. The zero-order valence-corrected chi connectivity index (χ0v) is 13.9. The topological polar surface area (TPSA) is 77.2 Å². The number of carbonyl (C=O) groups is 1. The van der Waals surface area contributed by atoms with Gasteiger partial charge in [0, 0.05) is 19.3 Å². The van der Waals surface area contributed by atoms with Crippen LogP contribution in [0, 0.1) is 13.8 Å². The van der Waals surface area contributed by atoms with Crippen LogP contribution in [-0.4, -0.2) is 23.2 Å². The maximum atomic E-state index is 12.7. The van der Waals surface area contributed by atoms with Crippen molar-refractivity contribution in [3.63, 3.8) is 0 Å². The van der Waals surface area contributed by atoms with Gasteiger partial charge in [-0.2, -0.15) is 0 Å². The van der Waals surface area contributed by atoms with Crippen LogP contribution < -0.4 is 5.32 Å². The molecule has 6 heteroatoms. The van der Waals surface area contributed by atoms with E-state index in [1.807, 2.05) is 31.2 Å². The van der Waals surface area contributed by atoms with Gasteiger partial charge in [0.1, 0.15) is 0 Å². The Kier molecular flexibility index (Phi) is 4.57. The summed E-state index contributed by atoms with van der Waals surface area (Å²) >= 11 is 0. The lowest BCUT2D eigenvalue weighted by Crippen LogP contribution is -2.24. The number of hydrogen-bond donors (Lipinski definition) is 1. The van der Waals surface area contributed by atoms with Crippen molar-refractivity contribution >= 4 is 17.0 Å². The van der Waals surface area contributed by atoms with E-state index in [1.165, 1.54) is 0 Å². The molecule has 2 aromatic heterocycles. The number of carbonyl (C=O) groups excluding carboxylic acids is 1. The van der Waals surface area contributed by atoms with Crippen molar-refractivity contribution in [1.29, 1.82) is 0 Å². The number of aryl methyl sites for hydroxylation is 2. The third-order valence-electron chi connectivity index (χ3n) is 3.85. The molecule has 0 aliphatic carbocycles. The molecule has 3 rings (SSSR count). The van der Waals surface area contributed by atoms with Crippen LogP contribution in [0.4, 0.5) is 0 Å². The first-order valence-corrected chi connectivity index (χ1v) is 7.67. The monoisotopic (exact) mass is 325 g/mol. The molecule has 1 aromatic carbocycles. The minimum Gasteiger partial charge on any atom is -0.380 e. The molecule has 0 spiro atoms. The first-order chi connectivity index (χ1) is 11.6. The number of nitrogens with one attached hydrogen (secondary N) is 1.